The van der Waals surface area contributed by atoms with Crippen molar-refractivity contribution in [1.29, 1.82) is 0 Å². The lowest BCUT2D eigenvalue weighted by Crippen LogP contribution is -2.41. The summed E-state index contributed by atoms with van der Waals surface area (Å²) in [4.78, 5) is 36.7. The summed E-state index contributed by atoms with van der Waals surface area (Å²) in [5.74, 6) is 0.0286. The summed E-state index contributed by atoms with van der Waals surface area (Å²) in [5.41, 5.74) is 5.50. The minimum absolute atomic E-state index is 0.0885. The molecule has 3 rings (SSSR count). The van der Waals surface area contributed by atoms with Crippen LogP contribution in [0, 0.1) is 0 Å². The Hall–Kier alpha value is -2.87. The molecule has 0 spiro atoms. The van der Waals surface area contributed by atoms with Crippen molar-refractivity contribution < 1.29 is 9.53 Å². The van der Waals surface area contributed by atoms with Crippen molar-refractivity contribution in [3.05, 3.63) is 62.1 Å². The number of aromatic nitrogens is 2. The molecule has 1 amide bonds. The van der Waals surface area contributed by atoms with Gasteiger partial charge < -0.3 is 10.5 Å². The van der Waals surface area contributed by atoms with Gasteiger partial charge in [-0.25, -0.2) is 4.79 Å². The van der Waals surface area contributed by atoms with E-state index in [0.717, 1.165) is 10.1 Å². The molecule has 7 nitrogen and oxygen atoms in total. The summed E-state index contributed by atoms with van der Waals surface area (Å²) in [6.45, 7) is 2.22. The predicted molar refractivity (Wildman–Crippen MR) is 96.3 cm³/mol. The number of nitrogens with zero attached hydrogens (tertiary/aromatic N) is 2. The molecule has 25 heavy (non-hydrogen) atoms. The average Bonchev–Trinajstić information content (AvgIpc) is 3.06. The Kier molecular flexibility index (Phi) is 4.71. The first-order valence-electron chi connectivity index (χ1n) is 7.72. The Morgan fingerprint density at radius 3 is 2.76 bits per heavy atom. The van der Waals surface area contributed by atoms with E-state index >= 15 is 0 Å². The van der Waals surface area contributed by atoms with E-state index in [1.54, 1.807) is 23.6 Å². The zero-order chi connectivity index (χ0) is 18.0. The van der Waals surface area contributed by atoms with Crippen LogP contribution in [0.3, 0.4) is 0 Å². The van der Waals surface area contributed by atoms with Crippen LogP contribution in [0.5, 0.6) is 5.75 Å². The quantitative estimate of drug-likeness (QED) is 0.714. The van der Waals surface area contributed by atoms with E-state index in [9.17, 15) is 14.4 Å². The Morgan fingerprint density at radius 1 is 1.24 bits per heavy atom. The minimum atomic E-state index is -0.641. The third-order valence-electron chi connectivity index (χ3n) is 3.70. The van der Waals surface area contributed by atoms with Crippen molar-refractivity contribution in [2.24, 2.45) is 5.73 Å². The number of rotatable bonds is 6. The molecule has 0 atom stereocenters. The van der Waals surface area contributed by atoms with E-state index in [0.29, 0.717) is 22.6 Å². The molecule has 0 radical (unpaired) electrons. The summed E-state index contributed by atoms with van der Waals surface area (Å²) >= 11 is 1.23. The van der Waals surface area contributed by atoms with Gasteiger partial charge in [0.1, 0.15) is 17.0 Å². The lowest BCUT2D eigenvalue weighted by Gasteiger charge is -2.11. The summed E-state index contributed by atoms with van der Waals surface area (Å²) < 4.78 is 8.22. The molecule has 0 aliphatic heterocycles. The number of fused-ring (bicyclic) bond motifs is 1. The van der Waals surface area contributed by atoms with E-state index in [2.05, 4.69) is 0 Å². The van der Waals surface area contributed by atoms with Gasteiger partial charge in [-0.2, -0.15) is 0 Å². The minimum Gasteiger partial charge on any atom is -0.494 e. The zero-order valence-electron chi connectivity index (χ0n) is 13.6. The molecule has 130 valence electrons. The number of hydrogen-bond acceptors (Lipinski definition) is 5. The largest absolute Gasteiger partial charge is 0.494 e. The fraction of sp³-hybridized carbons (Fsp3) is 0.235. The number of ether oxygens (including phenoxy) is 1. The number of benzene rings is 1. The molecule has 8 heteroatoms. The Morgan fingerprint density at radius 2 is 2.04 bits per heavy atom. The standard InChI is InChI=1S/C17H17N3O4S/c1-2-24-12-5-3-4-11(8-12)9-20-16(22)15-13(6-7-25-15)19(17(20)23)10-14(18)21/h3-8H,2,9-10H2,1H3,(H2,18,21). The van der Waals surface area contributed by atoms with Crippen LogP contribution >= 0.6 is 11.3 Å². The second kappa shape index (κ2) is 6.94. The first-order valence-corrected chi connectivity index (χ1v) is 8.60. The van der Waals surface area contributed by atoms with Gasteiger partial charge in [0.05, 0.1) is 18.7 Å². The smallest absolute Gasteiger partial charge is 0.332 e. The van der Waals surface area contributed by atoms with E-state index in [1.807, 2.05) is 19.1 Å². The third kappa shape index (κ3) is 3.34. The molecule has 0 saturated heterocycles. The molecule has 2 heterocycles. The van der Waals surface area contributed by atoms with Crippen molar-refractivity contribution in [3.63, 3.8) is 0 Å². The number of carbonyl (C=O) groups is 1. The fourth-order valence-electron chi connectivity index (χ4n) is 2.66. The molecular formula is C17H17N3O4S. The second-order valence-corrected chi connectivity index (χ2v) is 6.36. The van der Waals surface area contributed by atoms with Crippen molar-refractivity contribution in [3.8, 4) is 5.75 Å². The zero-order valence-corrected chi connectivity index (χ0v) is 14.4. The predicted octanol–water partition coefficient (Wildman–Crippen LogP) is 1.16. The summed E-state index contributed by atoms with van der Waals surface area (Å²) in [5, 5.41) is 1.71. The topological polar surface area (TPSA) is 96.3 Å². The third-order valence-corrected chi connectivity index (χ3v) is 4.59. The second-order valence-electron chi connectivity index (χ2n) is 5.44. The number of primary amides is 1. The van der Waals surface area contributed by atoms with Crippen LogP contribution < -0.4 is 21.7 Å². The Bertz CT molecular complexity index is 1050. The molecule has 0 aliphatic carbocycles. The molecule has 1 aromatic carbocycles. The van der Waals surface area contributed by atoms with Crippen molar-refractivity contribution >= 4 is 27.5 Å². The maximum Gasteiger partial charge on any atom is 0.332 e. The molecule has 2 aromatic heterocycles. The number of nitrogens with two attached hydrogens (primary N) is 1. The van der Waals surface area contributed by atoms with Gasteiger partial charge in [0, 0.05) is 0 Å². The van der Waals surface area contributed by atoms with Crippen molar-refractivity contribution in [2.75, 3.05) is 6.61 Å². The number of amides is 1. The maximum atomic E-state index is 12.7. The first kappa shape index (κ1) is 17.0. The van der Waals surface area contributed by atoms with Crippen LogP contribution in [0.25, 0.3) is 10.2 Å². The Balaban J connectivity index is 2.13. The molecule has 0 fully saturated rings. The normalized spacial score (nSPS) is 10.9. The van der Waals surface area contributed by atoms with Gasteiger partial charge in [0.2, 0.25) is 5.91 Å². The Labute approximate surface area is 146 Å². The molecule has 0 aliphatic rings. The average molecular weight is 359 g/mol. The van der Waals surface area contributed by atoms with Gasteiger partial charge in [-0.05, 0) is 36.1 Å². The highest BCUT2D eigenvalue weighted by molar-refractivity contribution is 7.17. The highest BCUT2D eigenvalue weighted by Gasteiger charge is 2.15. The summed E-state index contributed by atoms with van der Waals surface area (Å²) in [7, 11) is 0. The van der Waals surface area contributed by atoms with Gasteiger partial charge in [0.25, 0.3) is 5.56 Å². The van der Waals surface area contributed by atoms with E-state index < -0.39 is 11.6 Å². The van der Waals surface area contributed by atoms with Crippen LogP contribution in [-0.4, -0.2) is 21.6 Å². The number of carbonyl (C=O) groups excluding carboxylic acids is 1. The molecule has 0 saturated carbocycles. The number of hydrogen-bond donors (Lipinski definition) is 1. The summed E-state index contributed by atoms with van der Waals surface area (Å²) in [6, 6.07) is 8.85. The van der Waals surface area contributed by atoms with E-state index in [4.69, 9.17) is 10.5 Å². The first-order chi connectivity index (χ1) is 12.0. The van der Waals surface area contributed by atoms with Crippen LogP contribution in [0.15, 0.2) is 45.3 Å². The monoisotopic (exact) mass is 359 g/mol. The van der Waals surface area contributed by atoms with Crippen LogP contribution in [0.1, 0.15) is 12.5 Å². The van der Waals surface area contributed by atoms with Gasteiger partial charge in [-0.1, -0.05) is 12.1 Å². The SMILES string of the molecule is CCOc1cccc(Cn2c(=O)c3sccc3n(CC(N)=O)c2=O)c1. The van der Waals surface area contributed by atoms with Crippen LogP contribution in [-0.2, 0) is 17.9 Å². The van der Waals surface area contributed by atoms with Gasteiger partial charge in [-0.15, -0.1) is 11.3 Å². The maximum absolute atomic E-state index is 12.7. The molecule has 0 unspecified atom stereocenters. The molecule has 0 bridgehead atoms. The molecule has 3 aromatic rings. The number of thiophene rings is 1. The van der Waals surface area contributed by atoms with Gasteiger partial charge in [0.15, 0.2) is 0 Å². The van der Waals surface area contributed by atoms with Crippen molar-refractivity contribution in [2.45, 2.75) is 20.0 Å². The lowest BCUT2D eigenvalue weighted by molar-refractivity contribution is -0.118. The van der Waals surface area contributed by atoms with E-state index in [1.165, 1.54) is 15.9 Å². The summed E-state index contributed by atoms with van der Waals surface area (Å²) in [6.07, 6.45) is 0. The van der Waals surface area contributed by atoms with Gasteiger partial charge >= 0.3 is 5.69 Å². The van der Waals surface area contributed by atoms with Crippen molar-refractivity contribution in [1.82, 2.24) is 9.13 Å². The lowest BCUT2D eigenvalue weighted by atomic mass is 10.2. The highest BCUT2D eigenvalue weighted by Crippen LogP contribution is 2.17. The highest BCUT2D eigenvalue weighted by atomic mass is 32.1. The van der Waals surface area contributed by atoms with Crippen LogP contribution in [0.4, 0.5) is 0 Å². The van der Waals surface area contributed by atoms with E-state index in [-0.39, 0.29) is 18.6 Å². The van der Waals surface area contributed by atoms with Crippen LogP contribution in [0.2, 0.25) is 0 Å². The van der Waals surface area contributed by atoms with Gasteiger partial charge in [-0.3, -0.25) is 18.7 Å². The molecule has 2 N–H and O–H groups in total. The molecular weight excluding hydrogens is 342 g/mol. The fourth-order valence-corrected chi connectivity index (χ4v) is 3.51.